The summed E-state index contributed by atoms with van der Waals surface area (Å²) in [7, 11) is -3.20. The molecular formula is C24H23N5O3S. The summed E-state index contributed by atoms with van der Waals surface area (Å²) in [6, 6.07) is 14.8. The highest BCUT2D eigenvalue weighted by Crippen LogP contribution is 2.33. The second-order valence-corrected chi connectivity index (χ2v) is 10.2. The van der Waals surface area contributed by atoms with Crippen molar-refractivity contribution in [2.45, 2.75) is 30.3 Å². The summed E-state index contributed by atoms with van der Waals surface area (Å²) in [5.41, 5.74) is 3.69. The minimum absolute atomic E-state index is 0.0323. The maximum Gasteiger partial charge on any atom is 0.244 e. The van der Waals surface area contributed by atoms with Crippen molar-refractivity contribution in [1.82, 2.24) is 25.0 Å². The Bertz CT molecular complexity index is 1340. The standard InChI is InChI=1S/C24H23N5O3S/c1-33(30,31)20-7-4-17(5-8-20)16-29-14-2-3-22(29)24-27-23(28-32-24)19-6-9-21(26-15-19)18-10-12-25-13-11-18/h4-13,15,22H,2-3,14,16H2,1H3/t22-/m0/s1. The zero-order valence-electron chi connectivity index (χ0n) is 18.1. The Balaban J connectivity index is 1.30. The average molecular weight is 462 g/mol. The fourth-order valence-electron chi connectivity index (χ4n) is 4.08. The molecule has 4 aromatic rings. The van der Waals surface area contributed by atoms with Gasteiger partial charge in [-0.05, 0) is 61.3 Å². The first-order valence-corrected chi connectivity index (χ1v) is 12.6. The van der Waals surface area contributed by atoms with Gasteiger partial charge in [0.1, 0.15) is 0 Å². The Hall–Kier alpha value is -3.43. The molecule has 0 bridgehead atoms. The molecule has 8 nitrogen and oxygen atoms in total. The molecule has 5 rings (SSSR count). The molecule has 0 saturated carbocycles. The van der Waals surface area contributed by atoms with Crippen LogP contribution in [-0.4, -0.2) is 46.2 Å². The fraction of sp³-hybridized carbons (Fsp3) is 0.250. The number of hydrogen-bond acceptors (Lipinski definition) is 8. The van der Waals surface area contributed by atoms with Crippen molar-refractivity contribution in [3.8, 4) is 22.6 Å². The molecule has 0 radical (unpaired) electrons. The highest BCUT2D eigenvalue weighted by Gasteiger charge is 2.31. The van der Waals surface area contributed by atoms with Gasteiger partial charge in [-0.25, -0.2) is 8.42 Å². The smallest absolute Gasteiger partial charge is 0.244 e. The van der Waals surface area contributed by atoms with Gasteiger partial charge in [0.05, 0.1) is 16.6 Å². The van der Waals surface area contributed by atoms with Crippen molar-refractivity contribution >= 4 is 9.84 Å². The maximum atomic E-state index is 11.7. The minimum Gasteiger partial charge on any atom is -0.337 e. The molecule has 3 aromatic heterocycles. The summed E-state index contributed by atoms with van der Waals surface area (Å²) in [5, 5.41) is 4.18. The molecule has 0 spiro atoms. The third-order valence-electron chi connectivity index (χ3n) is 5.83. The molecule has 1 saturated heterocycles. The van der Waals surface area contributed by atoms with Gasteiger partial charge in [-0.1, -0.05) is 17.3 Å². The van der Waals surface area contributed by atoms with E-state index in [1.807, 2.05) is 36.4 Å². The summed E-state index contributed by atoms with van der Waals surface area (Å²) in [6.07, 6.45) is 8.41. The predicted molar refractivity (Wildman–Crippen MR) is 123 cm³/mol. The van der Waals surface area contributed by atoms with E-state index < -0.39 is 9.84 Å². The van der Waals surface area contributed by atoms with Crippen LogP contribution in [0.1, 0.15) is 30.3 Å². The Morgan fingerprint density at radius 1 is 1.03 bits per heavy atom. The normalized spacial score (nSPS) is 16.8. The van der Waals surface area contributed by atoms with Crippen molar-refractivity contribution < 1.29 is 12.9 Å². The van der Waals surface area contributed by atoms with E-state index in [1.54, 1.807) is 30.7 Å². The molecule has 168 valence electrons. The second kappa shape index (κ2) is 8.84. The molecule has 0 amide bonds. The van der Waals surface area contributed by atoms with E-state index in [0.717, 1.165) is 41.8 Å². The van der Waals surface area contributed by atoms with E-state index in [2.05, 4.69) is 25.0 Å². The van der Waals surface area contributed by atoms with Crippen LogP contribution < -0.4 is 0 Å². The number of benzene rings is 1. The van der Waals surface area contributed by atoms with Crippen molar-refractivity contribution in [2.75, 3.05) is 12.8 Å². The molecule has 0 N–H and O–H groups in total. The third kappa shape index (κ3) is 4.69. The molecule has 1 aromatic carbocycles. The van der Waals surface area contributed by atoms with E-state index in [0.29, 0.717) is 23.2 Å². The van der Waals surface area contributed by atoms with E-state index >= 15 is 0 Å². The third-order valence-corrected chi connectivity index (χ3v) is 6.95. The van der Waals surface area contributed by atoms with E-state index in [-0.39, 0.29) is 6.04 Å². The van der Waals surface area contributed by atoms with Gasteiger partial charge in [0, 0.05) is 42.5 Å². The van der Waals surface area contributed by atoms with Gasteiger partial charge in [0.2, 0.25) is 11.7 Å². The molecule has 1 aliphatic rings. The topological polar surface area (TPSA) is 102 Å². The Labute approximate surface area is 192 Å². The highest BCUT2D eigenvalue weighted by atomic mass is 32.2. The van der Waals surface area contributed by atoms with Crippen LogP contribution in [-0.2, 0) is 16.4 Å². The van der Waals surface area contributed by atoms with Crippen LogP contribution in [0.2, 0.25) is 0 Å². The number of nitrogens with zero attached hydrogens (tertiary/aromatic N) is 5. The van der Waals surface area contributed by atoms with Gasteiger partial charge < -0.3 is 4.52 Å². The van der Waals surface area contributed by atoms with Crippen LogP contribution >= 0.6 is 0 Å². The lowest BCUT2D eigenvalue weighted by molar-refractivity contribution is 0.201. The predicted octanol–water partition coefficient (Wildman–Crippen LogP) is 3.93. The van der Waals surface area contributed by atoms with Crippen molar-refractivity contribution in [3.05, 3.63) is 78.6 Å². The summed E-state index contributed by atoms with van der Waals surface area (Å²) in [6.45, 7) is 1.60. The molecular weight excluding hydrogens is 438 g/mol. The van der Waals surface area contributed by atoms with Crippen LogP contribution in [0.3, 0.4) is 0 Å². The maximum absolute atomic E-state index is 11.7. The Kier molecular flexibility index (Phi) is 5.74. The van der Waals surface area contributed by atoms with Gasteiger partial charge in [-0.15, -0.1) is 0 Å². The molecule has 33 heavy (non-hydrogen) atoms. The average Bonchev–Trinajstić information content (AvgIpc) is 3.49. The Morgan fingerprint density at radius 3 is 2.52 bits per heavy atom. The van der Waals surface area contributed by atoms with E-state index in [1.165, 1.54) is 6.26 Å². The Morgan fingerprint density at radius 2 is 1.82 bits per heavy atom. The van der Waals surface area contributed by atoms with Gasteiger partial charge in [0.25, 0.3) is 0 Å². The first-order chi connectivity index (χ1) is 16.0. The lowest BCUT2D eigenvalue weighted by Gasteiger charge is -2.21. The van der Waals surface area contributed by atoms with Gasteiger partial charge in [-0.2, -0.15) is 4.98 Å². The van der Waals surface area contributed by atoms with Crippen LogP contribution in [0.15, 0.2) is 76.5 Å². The van der Waals surface area contributed by atoms with Crippen LogP contribution in [0, 0.1) is 0 Å². The second-order valence-electron chi connectivity index (χ2n) is 8.17. The molecule has 4 heterocycles. The molecule has 1 aliphatic heterocycles. The SMILES string of the molecule is CS(=O)(=O)c1ccc(CN2CCC[C@H]2c2nc(-c3ccc(-c4ccncc4)nc3)no2)cc1. The number of aromatic nitrogens is 4. The molecule has 1 fully saturated rings. The quantitative estimate of drug-likeness (QED) is 0.426. The first kappa shape index (κ1) is 21.4. The van der Waals surface area contributed by atoms with Gasteiger partial charge >= 0.3 is 0 Å². The molecule has 0 unspecified atom stereocenters. The van der Waals surface area contributed by atoms with Crippen LogP contribution in [0.4, 0.5) is 0 Å². The number of hydrogen-bond donors (Lipinski definition) is 0. The zero-order valence-corrected chi connectivity index (χ0v) is 18.9. The zero-order chi connectivity index (χ0) is 22.8. The van der Waals surface area contributed by atoms with Crippen LogP contribution in [0.25, 0.3) is 22.6 Å². The van der Waals surface area contributed by atoms with Crippen molar-refractivity contribution in [3.63, 3.8) is 0 Å². The molecule has 0 aliphatic carbocycles. The lowest BCUT2D eigenvalue weighted by atomic mass is 10.1. The van der Waals surface area contributed by atoms with E-state index in [9.17, 15) is 8.42 Å². The number of pyridine rings is 2. The fourth-order valence-corrected chi connectivity index (χ4v) is 4.71. The summed E-state index contributed by atoms with van der Waals surface area (Å²) in [4.78, 5) is 15.8. The van der Waals surface area contributed by atoms with Crippen molar-refractivity contribution in [1.29, 1.82) is 0 Å². The first-order valence-electron chi connectivity index (χ1n) is 10.7. The number of likely N-dealkylation sites (tertiary alicyclic amines) is 1. The summed E-state index contributed by atoms with van der Waals surface area (Å²) < 4.78 is 29.0. The van der Waals surface area contributed by atoms with Gasteiger partial charge in [0.15, 0.2) is 9.84 Å². The summed E-state index contributed by atoms with van der Waals surface area (Å²) >= 11 is 0. The minimum atomic E-state index is -3.20. The highest BCUT2D eigenvalue weighted by molar-refractivity contribution is 7.90. The van der Waals surface area contributed by atoms with Crippen molar-refractivity contribution in [2.24, 2.45) is 0 Å². The number of rotatable bonds is 6. The molecule has 1 atom stereocenters. The molecule has 9 heteroatoms. The number of sulfone groups is 1. The lowest BCUT2D eigenvalue weighted by Crippen LogP contribution is -2.23. The summed E-state index contributed by atoms with van der Waals surface area (Å²) in [5.74, 6) is 1.11. The van der Waals surface area contributed by atoms with E-state index in [4.69, 9.17) is 4.52 Å². The van der Waals surface area contributed by atoms with Gasteiger partial charge in [-0.3, -0.25) is 14.9 Å². The van der Waals surface area contributed by atoms with Crippen LogP contribution in [0.5, 0.6) is 0 Å². The monoisotopic (exact) mass is 461 g/mol. The largest absolute Gasteiger partial charge is 0.337 e.